The molecule has 15 heavy (non-hydrogen) atoms. The molecule has 0 aromatic heterocycles. The summed E-state index contributed by atoms with van der Waals surface area (Å²) in [5.74, 6) is 0. The van der Waals surface area contributed by atoms with Crippen LogP contribution in [0.1, 0.15) is 25.8 Å². The van der Waals surface area contributed by atoms with Crippen molar-refractivity contribution in [3.63, 3.8) is 0 Å². The molecule has 0 fully saturated rings. The molecule has 3 heteroatoms. The first kappa shape index (κ1) is 13.6. The van der Waals surface area contributed by atoms with E-state index in [1.165, 1.54) is 0 Å². The van der Waals surface area contributed by atoms with E-state index in [1.807, 2.05) is 44.2 Å². The van der Waals surface area contributed by atoms with E-state index in [1.54, 1.807) is 0 Å². The summed E-state index contributed by atoms with van der Waals surface area (Å²) in [4.78, 5) is 0. The smallest absolute Gasteiger partial charge is 0.131 e. The molecule has 1 N–H and O–H groups in total. The van der Waals surface area contributed by atoms with Crippen molar-refractivity contribution in [2.75, 3.05) is 6.67 Å². The summed E-state index contributed by atoms with van der Waals surface area (Å²) in [6.07, 6.45) is 1.18. The Bertz CT molecular complexity index is 272. The summed E-state index contributed by atoms with van der Waals surface area (Å²) < 4.78 is 12.1. The summed E-state index contributed by atoms with van der Waals surface area (Å²) >= 11 is 0. The van der Waals surface area contributed by atoms with Crippen molar-refractivity contribution in [3.05, 3.63) is 35.9 Å². The Balaban J connectivity index is 0.000000921. The fourth-order valence-electron chi connectivity index (χ4n) is 1.08. The second-order valence-electron chi connectivity index (χ2n) is 2.79. The topological polar surface area (TPSA) is 32.6 Å². The van der Waals surface area contributed by atoms with Crippen molar-refractivity contribution >= 4 is 5.71 Å². The maximum Gasteiger partial charge on any atom is 0.131 e. The highest BCUT2D eigenvalue weighted by molar-refractivity contribution is 5.85. The fraction of sp³-hybridized carbons (Fsp3) is 0.417. The zero-order chi connectivity index (χ0) is 11.5. The Hall–Kier alpha value is -1.38. The zero-order valence-electron chi connectivity index (χ0n) is 9.28. The lowest BCUT2D eigenvalue weighted by Gasteiger charge is -1.99. The van der Waals surface area contributed by atoms with Gasteiger partial charge in [-0.15, -0.1) is 0 Å². The third-order valence-corrected chi connectivity index (χ3v) is 1.84. The largest absolute Gasteiger partial charge is 0.411 e. The van der Waals surface area contributed by atoms with Gasteiger partial charge < -0.3 is 5.21 Å². The molecule has 1 aromatic rings. The molecule has 0 amide bonds. The van der Waals surface area contributed by atoms with Gasteiger partial charge >= 0.3 is 0 Å². The lowest BCUT2D eigenvalue weighted by atomic mass is 10.1. The molecule has 0 unspecified atom stereocenters. The summed E-state index contributed by atoms with van der Waals surface area (Å²) in [6.45, 7) is 3.32. The van der Waals surface area contributed by atoms with Gasteiger partial charge in [0.15, 0.2) is 0 Å². The summed E-state index contributed by atoms with van der Waals surface area (Å²) in [5, 5.41) is 11.2. The monoisotopic (exact) mass is 211 g/mol. The molecule has 0 saturated heterocycles. The van der Waals surface area contributed by atoms with E-state index >= 15 is 0 Å². The number of alkyl halides is 1. The van der Waals surface area contributed by atoms with Crippen molar-refractivity contribution in [1.29, 1.82) is 0 Å². The predicted octanol–water partition coefficient (Wildman–Crippen LogP) is 3.45. The molecule has 0 saturated carbocycles. The highest BCUT2D eigenvalue weighted by Crippen LogP contribution is 2.03. The standard InChI is InChI=1S/C10H12FNO.C2H6/c11-8-10(12-13)7-6-9-4-2-1-3-5-9;1-2/h1-5,13H,6-8H2;1-2H3/b12-10-;. The van der Waals surface area contributed by atoms with Crippen molar-refractivity contribution < 1.29 is 9.60 Å². The Morgan fingerprint density at radius 1 is 1.27 bits per heavy atom. The van der Waals surface area contributed by atoms with Crippen LogP contribution < -0.4 is 0 Å². The lowest BCUT2D eigenvalue weighted by molar-refractivity contribution is 0.314. The Labute approximate surface area is 90.4 Å². The summed E-state index contributed by atoms with van der Waals surface area (Å²) in [6, 6.07) is 9.72. The number of hydrogen-bond donors (Lipinski definition) is 1. The SMILES string of the molecule is CC.O/N=C(\CF)CCc1ccccc1. The fourth-order valence-corrected chi connectivity index (χ4v) is 1.08. The van der Waals surface area contributed by atoms with Crippen LogP contribution in [0.4, 0.5) is 4.39 Å². The van der Waals surface area contributed by atoms with Crippen LogP contribution in [0, 0.1) is 0 Å². The normalized spacial score (nSPS) is 10.5. The van der Waals surface area contributed by atoms with Gasteiger partial charge in [-0.25, -0.2) is 4.39 Å². The molecule has 1 rings (SSSR count). The van der Waals surface area contributed by atoms with Crippen LogP contribution in [0.3, 0.4) is 0 Å². The highest BCUT2D eigenvalue weighted by Gasteiger charge is 1.99. The van der Waals surface area contributed by atoms with E-state index in [2.05, 4.69) is 5.16 Å². The zero-order valence-corrected chi connectivity index (χ0v) is 9.28. The number of halogens is 1. The van der Waals surface area contributed by atoms with Crippen LogP contribution in [0.15, 0.2) is 35.5 Å². The third-order valence-electron chi connectivity index (χ3n) is 1.84. The van der Waals surface area contributed by atoms with Gasteiger partial charge in [-0.05, 0) is 18.4 Å². The van der Waals surface area contributed by atoms with E-state index in [9.17, 15) is 4.39 Å². The van der Waals surface area contributed by atoms with Crippen LogP contribution in [-0.2, 0) is 6.42 Å². The van der Waals surface area contributed by atoms with Gasteiger partial charge in [0.1, 0.15) is 6.67 Å². The molecular weight excluding hydrogens is 193 g/mol. The molecule has 0 spiro atoms. The maximum atomic E-state index is 12.1. The number of benzene rings is 1. The average Bonchev–Trinajstić information content (AvgIpc) is 2.34. The average molecular weight is 211 g/mol. The molecular formula is C12H18FNO. The number of aryl methyl sites for hydroxylation is 1. The van der Waals surface area contributed by atoms with Gasteiger partial charge in [0.05, 0.1) is 5.71 Å². The third kappa shape index (κ3) is 5.83. The minimum absolute atomic E-state index is 0.198. The van der Waals surface area contributed by atoms with Crippen molar-refractivity contribution in [2.24, 2.45) is 5.16 Å². The summed E-state index contributed by atoms with van der Waals surface area (Å²) in [7, 11) is 0. The van der Waals surface area contributed by atoms with Gasteiger partial charge in [-0.2, -0.15) is 0 Å². The molecule has 0 bridgehead atoms. The Kier molecular flexibility index (Phi) is 8.34. The molecule has 2 nitrogen and oxygen atoms in total. The number of rotatable bonds is 4. The van der Waals surface area contributed by atoms with E-state index in [0.29, 0.717) is 12.8 Å². The molecule has 0 atom stereocenters. The Morgan fingerprint density at radius 2 is 1.87 bits per heavy atom. The molecule has 84 valence electrons. The van der Waals surface area contributed by atoms with Gasteiger partial charge in [0.2, 0.25) is 0 Å². The van der Waals surface area contributed by atoms with Gasteiger partial charge in [0.25, 0.3) is 0 Å². The minimum atomic E-state index is -0.677. The van der Waals surface area contributed by atoms with Crippen LogP contribution in [0.2, 0.25) is 0 Å². The Morgan fingerprint density at radius 3 is 2.33 bits per heavy atom. The van der Waals surface area contributed by atoms with Gasteiger partial charge in [-0.1, -0.05) is 49.3 Å². The second-order valence-corrected chi connectivity index (χ2v) is 2.79. The molecule has 0 aliphatic heterocycles. The molecule has 0 heterocycles. The number of nitrogens with zero attached hydrogens (tertiary/aromatic N) is 1. The molecule has 1 aromatic carbocycles. The van der Waals surface area contributed by atoms with E-state index < -0.39 is 6.67 Å². The molecule has 0 aliphatic carbocycles. The van der Waals surface area contributed by atoms with Crippen LogP contribution >= 0.6 is 0 Å². The quantitative estimate of drug-likeness (QED) is 0.462. The van der Waals surface area contributed by atoms with E-state index in [0.717, 1.165) is 5.56 Å². The van der Waals surface area contributed by atoms with Gasteiger partial charge in [-0.3, -0.25) is 0 Å². The van der Waals surface area contributed by atoms with Crippen LogP contribution in [0.25, 0.3) is 0 Å². The molecule has 0 radical (unpaired) electrons. The predicted molar refractivity (Wildman–Crippen MR) is 61.3 cm³/mol. The second kappa shape index (κ2) is 9.19. The van der Waals surface area contributed by atoms with Gasteiger partial charge in [0, 0.05) is 0 Å². The summed E-state index contributed by atoms with van der Waals surface area (Å²) in [5.41, 5.74) is 1.32. The number of oxime groups is 1. The van der Waals surface area contributed by atoms with Crippen molar-refractivity contribution in [1.82, 2.24) is 0 Å². The van der Waals surface area contributed by atoms with Crippen LogP contribution in [0.5, 0.6) is 0 Å². The first-order valence-corrected chi connectivity index (χ1v) is 5.16. The highest BCUT2D eigenvalue weighted by atomic mass is 19.1. The van der Waals surface area contributed by atoms with E-state index in [-0.39, 0.29) is 5.71 Å². The minimum Gasteiger partial charge on any atom is -0.411 e. The first-order chi connectivity index (χ1) is 7.36. The van der Waals surface area contributed by atoms with Crippen molar-refractivity contribution in [3.8, 4) is 0 Å². The maximum absolute atomic E-state index is 12.1. The van der Waals surface area contributed by atoms with Crippen LogP contribution in [-0.4, -0.2) is 17.6 Å². The first-order valence-electron chi connectivity index (χ1n) is 5.16. The molecule has 0 aliphatic rings. The lowest BCUT2D eigenvalue weighted by Crippen LogP contribution is -2.02. The number of hydrogen-bond acceptors (Lipinski definition) is 2. The van der Waals surface area contributed by atoms with Crippen molar-refractivity contribution in [2.45, 2.75) is 26.7 Å². The van der Waals surface area contributed by atoms with E-state index in [4.69, 9.17) is 5.21 Å².